The molecule has 0 saturated carbocycles. The van der Waals surface area contributed by atoms with Crippen LogP contribution >= 0.6 is 0 Å². The van der Waals surface area contributed by atoms with Gasteiger partial charge in [0.2, 0.25) is 6.41 Å². The third kappa shape index (κ3) is 3.34. The Kier molecular flexibility index (Phi) is 4.99. The van der Waals surface area contributed by atoms with E-state index in [2.05, 4.69) is 20.8 Å². The predicted octanol–water partition coefficient (Wildman–Crippen LogP) is 2.75. The van der Waals surface area contributed by atoms with Gasteiger partial charge in [-0.3, -0.25) is 4.79 Å². The van der Waals surface area contributed by atoms with E-state index in [0.29, 0.717) is 18.7 Å². The van der Waals surface area contributed by atoms with Gasteiger partial charge in [0.25, 0.3) is 0 Å². The standard InChI is InChI=1S/C17H22N6O2/c1-4-18-14-6-16-17(15(19-11-24)8-21-23(16)10-14)13-7-20-22(9-13)12(3)25-5-2/h6-12,18H,4-5H2,1-3H3,(H,19,24). The minimum atomic E-state index is -0.164. The number of hydrogen-bond donors (Lipinski definition) is 2. The molecule has 25 heavy (non-hydrogen) atoms. The highest BCUT2D eigenvalue weighted by molar-refractivity contribution is 5.94. The Bertz CT molecular complexity index is 869. The van der Waals surface area contributed by atoms with Crippen molar-refractivity contribution in [2.45, 2.75) is 27.0 Å². The number of aromatic nitrogens is 4. The topological polar surface area (TPSA) is 85.5 Å². The normalized spacial score (nSPS) is 12.3. The van der Waals surface area contributed by atoms with Crippen molar-refractivity contribution >= 4 is 23.3 Å². The summed E-state index contributed by atoms with van der Waals surface area (Å²) in [6.07, 6.45) is 7.71. The molecule has 3 aromatic heterocycles. The van der Waals surface area contributed by atoms with Crippen molar-refractivity contribution < 1.29 is 9.53 Å². The lowest BCUT2D eigenvalue weighted by molar-refractivity contribution is -0.105. The summed E-state index contributed by atoms with van der Waals surface area (Å²) >= 11 is 0. The van der Waals surface area contributed by atoms with Crippen LogP contribution in [0.25, 0.3) is 16.6 Å². The fourth-order valence-corrected chi connectivity index (χ4v) is 2.82. The minimum absolute atomic E-state index is 0.164. The van der Waals surface area contributed by atoms with Crippen molar-refractivity contribution in [2.75, 3.05) is 23.8 Å². The molecule has 8 nitrogen and oxygen atoms in total. The van der Waals surface area contributed by atoms with Crippen LogP contribution < -0.4 is 10.6 Å². The van der Waals surface area contributed by atoms with Crippen molar-refractivity contribution in [3.05, 3.63) is 30.9 Å². The average molecular weight is 342 g/mol. The Hall–Kier alpha value is -2.87. The summed E-state index contributed by atoms with van der Waals surface area (Å²) in [4.78, 5) is 11.0. The zero-order chi connectivity index (χ0) is 17.8. The summed E-state index contributed by atoms with van der Waals surface area (Å²) in [6, 6.07) is 2.01. The number of hydrogen-bond acceptors (Lipinski definition) is 5. The molecule has 0 aliphatic heterocycles. The molecule has 0 fully saturated rings. The van der Waals surface area contributed by atoms with E-state index in [9.17, 15) is 4.79 Å². The highest BCUT2D eigenvalue weighted by Crippen LogP contribution is 2.33. The van der Waals surface area contributed by atoms with Crippen LogP contribution in [0.3, 0.4) is 0 Å². The van der Waals surface area contributed by atoms with E-state index in [1.807, 2.05) is 39.2 Å². The molecule has 0 aliphatic carbocycles. The summed E-state index contributed by atoms with van der Waals surface area (Å²) in [5.41, 5.74) is 4.22. The Balaban J connectivity index is 2.11. The number of rotatable bonds is 8. The van der Waals surface area contributed by atoms with E-state index < -0.39 is 0 Å². The molecule has 1 unspecified atom stereocenters. The van der Waals surface area contributed by atoms with Crippen LogP contribution in [0.2, 0.25) is 0 Å². The average Bonchev–Trinajstić information content (AvgIpc) is 3.22. The predicted molar refractivity (Wildman–Crippen MR) is 96.6 cm³/mol. The monoisotopic (exact) mass is 342 g/mol. The summed E-state index contributed by atoms with van der Waals surface area (Å²) in [5, 5.41) is 14.8. The smallest absolute Gasteiger partial charge is 0.211 e. The van der Waals surface area contributed by atoms with Crippen LogP contribution in [0.15, 0.2) is 30.9 Å². The number of carbonyl (C=O) groups excluding carboxylic acids is 1. The summed E-state index contributed by atoms with van der Waals surface area (Å²) < 4.78 is 9.12. The molecule has 0 saturated heterocycles. The maximum Gasteiger partial charge on any atom is 0.211 e. The number of nitrogens with zero attached hydrogens (tertiary/aromatic N) is 4. The fourth-order valence-electron chi connectivity index (χ4n) is 2.82. The molecule has 0 aromatic carbocycles. The van der Waals surface area contributed by atoms with Crippen molar-refractivity contribution in [2.24, 2.45) is 0 Å². The second-order valence-corrected chi connectivity index (χ2v) is 5.55. The first kappa shape index (κ1) is 17.0. The lowest BCUT2D eigenvalue weighted by Crippen LogP contribution is -2.09. The van der Waals surface area contributed by atoms with E-state index >= 15 is 0 Å². The molecule has 0 radical (unpaired) electrons. The van der Waals surface area contributed by atoms with Crippen molar-refractivity contribution in [3.63, 3.8) is 0 Å². The first-order chi connectivity index (χ1) is 12.2. The lowest BCUT2D eigenvalue weighted by atomic mass is 10.1. The molecule has 3 aromatic rings. The number of anilines is 2. The van der Waals surface area contributed by atoms with Crippen LogP contribution in [-0.4, -0.2) is 39.0 Å². The Labute approximate surface area is 145 Å². The van der Waals surface area contributed by atoms with Crippen molar-refractivity contribution in [1.29, 1.82) is 0 Å². The van der Waals surface area contributed by atoms with E-state index in [1.54, 1.807) is 21.6 Å². The van der Waals surface area contributed by atoms with E-state index in [4.69, 9.17) is 4.74 Å². The third-order valence-corrected chi connectivity index (χ3v) is 3.90. The van der Waals surface area contributed by atoms with Crippen molar-refractivity contribution in [1.82, 2.24) is 19.4 Å². The molecule has 1 amide bonds. The lowest BCUT2D eigenvalue weighted by Gasteiger charge is -2.11. The second kappa shape index (κ2) is 7.35. The van der Waals surface area contributed by atoms with Gasteiger partial charge in [-0.25, -0.2) is 9.20 Å². The summed E-state index contributed by atoms with van der Waals surface area (Å²) in [7, 11) is 0. The molecule has 0 bridgehead atoms. The summed E-state index contributed by atoms with van der Waals surface area (Å²) in [6.45, 7) is 7.35. The molecule has 3 rings (SSSR count). The van der Waals surface area contributed by atoms with Gasteiger partial charge in [-0.15, -0.1) is 0 Å². The van der Waals surface area contributed by atoms with Gasteiger partial charge >= 0.3 is 0 Å². The number of amides is 1. The van der Waals surface area contributed by atoms with Gasteiger partial charge in [0.05, 0.1) is 35.5 Å². The molecule has 132 valence electrons. The number of carbonyl (C=O) groups is 1. The van der Waals surface area contributed by atoms with Gasteiger partial charge in [0.15, 0.2) is 0 Å². The fraction of sp³-hybridized carbons (Fsp3) is 0.353. The number of nitrogens with one attached hydrogen (secondary N) is 2. The molecule has 1 atom stereocenters. The molecule has 0 spiro atoms. The molecule has 3 heterocycles. The Morgan fingerprint density at radius 3 is 2.84 bits per heavy atom. The SMILES string of the molecule is CCNc1cc2c(-c3cnn(C(C)OCC)c3)c(NC=O)cnn2c1. The number of ether oxygens (including phenoxy) is 1. The quantitative estimate of drug-likeness (QED) is 0.615. The van der Waals surface area contributed by atoms with Crippen LogP contribution in [0.5, 0.6) is 0 Å². The summed E-state index contributed by atoms with van der Waals surface area (Å²) in [5.74, 6) is 0. The van der Waals surface area contributed by atoms with Gasteiger partial charge in [0.1, 0.15) is 6.23 Å². The van der Waals surface area contributed by atoms with Gasteiger partial charge in [-0.1, -0.05) is 0 Å². The number of fused-ring (bicyclic) bond motifs is 1. The first-order valence-corrected chi connectivity index (χ1v) is 8.29. The van der Waals surface area contributed by atoms with Gasteiger partial charge in [0, 0.05) is 30.5 Å². The molecule has 2 N–H and O–H groups in total. The van der Waals surface area contributed by atoms with Crippen molar-refractivity contribution in [3.8, 4) is 11.1 Å². The zero-order valence-corrected chi connectivity index (χ0v) is 14.6. The Morgan fingerprint density at radius 1 is 1.28 bits per heavy atom. The van der Waals surface area contributed by atoms with Crippen LogP contribution in [0, 0.1) is 0 Å². The third-order valence-electron chi connectivity index (χ3n) is 3.90. The maximum atomic E-state index is 11.0. The van der Waals surface area contributed by atoms with Gasteiger partial charge in [-0.05, 0) is 26.8 Å². The molecular formula is C17H22N6O2. The minimum Gasteiger partial charge on any atom is -0.384 e. The second-order valence-electron chi connectivity index (χ2n) is 5.55. The Morgan fingerprint density at radius 2 is 2.12 bits per heavy atom. The van der Waals surface area contributed by atoms with Crippen LogP contribution in [-0.2, 0) is 9.53 Å². The highest BCUT2D eigenvalue weighted by atomic mass is 16.5. The molecule has 0 aliphatic rings. The van der Waals surface area contributed by atoms with Gasteiger partial charge < -0.3 is 15.4 Å². The highest BCUT2D eigenvalue weighted by Gasteiger charge is 2.16. The zero-order valence-electron chi connectivity index (χ0n) is 14.6. The largest absolute Gasteiger partial charge is 0.384 e. The van der Waals surface area contributed by atoms with E-state index in [-0.39, 0.29) is 6.23 Å². The van der Waals surface area contributed by atoms with E-state index in [0.717, 1.165) is 28.9 Å². The first-order valence-electron chi connectivity index (χ1n) is 8.29. The molecular weight excluding hydrogens is 320 g/mol. The van der Waals surface area contributed by atoms with Crippen LogP contribution in [0.4, 0.5) is 11.4 Å². The van der Waals surface area contributed by atoms with E-state index in [1.165, 1.54) is 0 Å². The molecule has 8 heteroatoms. The van der Waals surface area contributed by atoms with Crippen LogP contribution in [0.1, 0.15) is 27.0 Å². The maximum absolute atomic E-state index is 11.0. The van der Waals surface area contributed by atoms with Gasteiger partial charge in [-0.2, -0.15) is 10.2 Å².